The lowest BCUT2D eigenvalue weighted by atomic mass is 9.97. The van der Waals surface area contributed by atoms with Gasteiger partial charge in [-0.15, -0.1) is 6.42 Å². The molecule has 0 radical (unpaired) electrons. The van der Waals surface area contributed by atoms with Gasteiger partial charge in [0.25, 0.3) is 0 Å². The Morgan fingerprint density at radius 1 is 1.29 bits per heavy atom. The quantitative estimate of drug-likeness (QED) is 0.298. The Hall–Kier alpha value is -0.833. The maximum Gasteiger partial charge on any atom is 0.311 e. The standard InChI is InChI=1S/C19H34O4Si/c1-10-15(23-24(8,9)18(5,6)7)11-12-19(14-22-19)13-21-16(20)17(2,3)4/h1,15H,11-14H2,2-9H3/t15-,19-/m0/s1. The van der Waals surface area contributed by atoms with Gasteiger partial charge in [0.15, 0.2) is 8.32 Å². The van der Waals surface area contributed by atoms with Gasteiger partial charge >= 0.3 is 5.97 Å². The first-order valence-corrected chi connectivity index (χ1v) is 11.6. The Balaban J connectivity index is 2.52. The summed E-state index contributed by atoms with van der Waals surface area (Å²) in [5, 5.41) is 0.123. The first-order chi connectivity index (χ1) is 10.7. The highest BCUT2D eigenvalue weighted by molar-refractivity contribution is 6.74. The minimum absolute atomic E-state index is 0.123. The van der Waals surface area contributed by atoms with Crippen molar-refractivity contribution >= 4 is 14.3 Å². The fourth-order valence-corrected chi connectivity index (χ4v) is 3.17. The van der Waals surface area contributed by atoms with Crippen LogP contribution in [0.3, 0.4) is 0 Å². The fourth-order valence-electron chi connectivity index (χ4n) is 1.92. The van der Waals surface area contributed by atoms with Gasteiger partial charge in [0.05, 0.1) is 12.0 Å². The van der Waals surface area contributed by atoms with E-state index in [2.05, 4.69) is 39.8 Å². The largest absolute Gasteiger partial charge is 0.462 e. The molecular weight excluding hydrogens is 320 g/mol. The molecule has 24 heavy (non-hydrogen) atoms. The second kappa shape index (κ2) is 7.19. The summed E-state index contributed by atoms with van der Waals surface area (Å²) in [6, 6.07) is 0. The van der Waals surface area contributed by atoms with Crippen molar-refractivity contribution in [3.8, 4) is 12.3 Å². The highest BCUT2D eigenvalue weighted by Gasteiger charge is 2.47. The van der Waals surface area contributed by atoms with Crippen molar-refractivity contribution in [2.75, 3.05) is 13.2 Å². The minimum Gasteiger partial charge on any atom is -0.462 e. The van der Waals surface area contributed by atoms with Crippen LogP contribution in [0.2, 0.25) is 18.1 Å². The van der Waals surface area contributed by atoms with Crippen molar-refractivity contribution in [2.24, 2.45) is 5.41 Å². The van der Waals surface area contributed by atoms with Crippen molar-refractivity contribution in [2.45, 2.75) is 84.2 Å². The first kappa shape index (κ1) is 21.2. The van der Waals surface area contributed by atoms with Gasteiger partial charge in [-0.3, -0.25) is 4.79 Å². The Labute approximate surface area is 148 Å². The topological polar surface area (TPSA) is 48.1 Å². The first-order valence-electron chi connectivity index (χ1n) is 8.68. The van der Waals surface area contributed by atoms with Crippen LogP contribution in [-0.2, 0) is 18.7 Å². The van der Waals surface area contributed by atoms with E-state index in [9.17, 15) is 4.79 Å². The van der Waals surface area contributed by atoms with Gasteiger partial charge in [0.1, 0.15) is 18.3 Å². The van der Waals surface area contributed by atoms with Crippen LogP contribution in [-0.4, -0.2) is 39.2 Å². The van der Waals surface area contributed by atoms with Gasteiger partial charge in [-0.25, -0.2) is 0 Å². The molecule has 1 saturated heterocycles. The molecule has 0 aromatic rings. The van der Waals surface area contributed by atoms with Crippen molar-refractivity contribution in [3.05, 3.63) is 0 Å². The van der Waals surface area contributed by atoms with Gasteiger partial charge in [0, 0.05) is 0 Å². The second-order valence-electron chi connectivity index (χ2n) is 9.37. The monoisotopic (exact) mass is 354 g/mol. The predicted octanol–water partition coefficient (Wildman–Crippen LogP) is 4.15. The molecule has 1 rings (SSSR count). The molecule has 4 nitrogen and oxygen atoms in total. The summed E-state index contributed by atoms with van der Waals surface area (Å²) in [7, 11) is -1.89. The fraction of sp³-hybridized carbons (Fsp3) is 0.842. The molecule has 0 spiro atoms. The van der Waals surface area contributed by atoms with E-state index in [4.69, 9.17) is 20.3 Å². The summed E-state index contributed by atoms with van der Waals surface area (Å²) in [5.41, 5.74) is -0.865. The molecule has 5 heteroatoms. The Morgan fingerprint density at radius 3 is 2.21 bits per heavy atom. The van der Waals surface area contributed by atoms with Crippen LogP contribution in [0.4, 0.5) is 0 Å². The lowest BCUT2D eigenvalue weighted by Gasteiger charge is -2.38. The van der Waals surface area contributed by atoms with Crippen LogP contribution >= 0.6 is 0 Å². The van der Waals surface area contributed by atoms with Gasteiger partial charge < -0.3 is 13.9 Å². The van der Waals surface area contributed by atoms with Crippen molar-refractivity contribution in [1.82, 2.24) is 0 Å². The predicted molar refractivity (Wildman–Crippen MR) is 99.2 cm³/mol. The van der Waals surface area contributed by atoms with Crippen LogP contribution in [0.15, 0.2) is 0 Å². The highest BCUT2D eigenvalue weighted by Crippen LogP contribution is 2.39. The number of carbonyl (C=O) groups is 1. The van der Waals surface area contributed by atoms with Gasteiger partial charge in [0.2, 0.25) is 0 Å². The summed E-state index contributed by atoms with van der Waals surface area (Å²) < 4.78 is 17.3. The Kier molecular flexibility index (Phi) is 6.35. The zero-order valence-corrected chi connectivity index (χ0v) is 17.6. The number of esters is 1. The molecule has 0 saturated carbocycles. The van der Waals surface area contributed by atoms with Crippen LogP contribution in [0.25, 0.3) is 0 Å². The third-order valence-corrected chi connectivity index (χ3v) is 9.41. The van der Waals surface area contributed by atoms with E-state index in [0.29, 0.717) is 13.2 Å². The molecule has 2 atom stereocenters. The average molecular weight is 355 g/mol. The molecule has 0 aromatic heterocycles. The third-order valence-electron chi connectivity index (χ3n) is 4.92. The van der Waals surface area contributed by atoms with E-state index in [-0.39, 0.29) is 22.7 Å². The molecular formula is C19H34O4Si. The van der Waals surface area contributed by atoms with Crippen LogP contribution in [0.1, 0.15) is 54.4 Å². The van der Waals surface area contributed by atoms with E-state index in [0.717, 1.165) is 12.8 Å². The number of ether oxygens (including phenoxy) is 2. The Morgan fingerprint density at radius 2 is 1.83 bits per heavy atom. The number of epoxide rings is 1. The molecule has 1 aliphatic rings. The van der Waals surface area contributed by atoms with Crippen LogP contribution in [0.5, 0.6) is 0 Å². The maximum atomic E-state index is 11.9. The minimum atomic E-state index is -1.89. The number of hydrogen-bond acceptors (Lipinski definition) is 4. The van der Waals surface area contributed by atoms with Gasteiger partial charge in [-0.2, -0.15) is 0 Å². The lowest BCUT2D eigenvalue weighted by Crippen LogP contribution is -2.44. The summed E-state index contributed by atoms with van der Waals surface area (Å²) >= 11 is 0. The van der Waals surface area contributed by atoms with Gasteiger partial charge in [-0.1, -0.05) is 26.7 Å². The summed E-state index contributed by atoms with van der Waals surface area (Å²) in [4.78, 5) is 11.9. The normalized spacial score (nSPS) is 22.6. The van der Waals surface area contributed by atoms with Crippen LogP contribution < -0.4 is 0 Å². The van der Waals surface area contributed by atoms with E-state index in [1.54, 1.807) is 0 Å². The lowest BCUT2D eigenvalue weighted by molar-refractivity contribution is -0.154. The molecule has 0 bridgehead atoms. The molecule has 0 unspecified atom stereocenters. The smallest absolute Gasteiger partial charge is 0.311 e. The number of terminal acetylenes is 1. The molecule has 138 valence electrons. The molecule has 0 aliphatic carbocycles. The van der Waals surface area contributed by atoms with E-state index >= 15 is 0 Å². The summed E-state index contributed by atoms with van der Waals surface area (Å²) in [6.07, 6.45) is 6.92. The van der Waals surface area contributed by atoms with Crippen molar-refractivity contribution in [3.63, 3.8) is 0 Å². The number of hydrogen-bond donors (Lipinski definition) is 0. The number of carbonyl (C=O) groups excluding carboxylic acids is 1. The molecule has 0 amide bonds. The molecule has 1 fully saturated rings. The van der Waals surface area contributed by atoms with Crippen LogP contribution in [0, 0.1) is 17.8 Å². The zero-order chi connectivity index (χ0) is 18.8. The average Bonchev–Trinajstić information content (AvgIpc) is 3.19. The van der Waals surface area contributed by atoms with E-state index in [1.807, 2.05) is 20.8 Å². The Bertz CT molecular complexity index is 487. The van der Waals surface area contributed by atoms with Crippen molar-refractivity contribution in [1.29, 1.82) is 0 Å². The second-order valence-corrected chi connectivity index (χ2v) is 14.1. The van der Waals surface area contributed by atoms with E-state index < -0.39 is 13.7 Å². The molecule has 0 N–H and O–H groups in total. The highest BCUT2D eigenvalue weighted by atomic mass is 28.4. The van der Waals surface area contributed by atoms with Crippen molar-refractivity contribution < 1.29 is 18.7 Å². The molecule has 1 heterocycles. The molecule has 0 aromatic carbocycles. The summed E-state index contributed by atoms with van der Waals surface area (Å²) in [6.45, 7) is 17.4. The number of rotatable bonds is 7. The SMILES string of the molecule is C#C[C@@H](CC[C@]1(COC(=O)C(C)(C)C)CO1)O[Si](C)(C)C(C)(C)C. The van der Waals surface area contributed by atoms with E-state index in [1.165, 1.54) is 0 Å². The van der Waals surface area contributed by atoms with Gasteiger partial charge in [-0.05, 0) is 51.7 Å². The maximum absolute atomic E-state index is 11.9. The zero-order valence-electron chi connectivity index (χ0n) is 16.6. The third kappa shape index (κ3) is 5.91. The molecule has 1 aliphatic heterocycles. The summed E-state index contributed by atoms with van der Waals surface area (Å²) in [5.74, 6) is 2.56.